The van der Waals surface area contributed by atoms with Crippen LogP contribution in [-0.2, 0) is 23.0 Å². The largest absolute Gasteiger partial charge is 0.333 e. The standard InChI is InChI=1S/C21H19ClN2O3S2/c1-14-4-7-18(12-19(14)22)29(26,27)23-17-6-5-15-8-9-24(13-16(15)11-17)21(25)20-3-2-10-28-20/h2-7,10-12,23H,8-9,13H2,1H3. The number of sulfonamides is 1. The number of thiophene rings is 1. The number of nitrogens with zero attached hydrogens (tertiary/aromatic N) is 1. The minimum Gasteiger partial charge on any atom is -0.333 e. The van der Waals surface area contributed by atoms with Crippen LogP contribution < -0.4 is 4.72 Å². The third-order valence-electron chi connectivity index (χ3n) is 4.94. The van der Waals surface area contributed by atoms with E-state index in [-0.39, 0.29) is 10.8 Å². The summed E-state index contributed by atoms with van der Waals surface area (Å²) in [5, 5.41) is 2.29. The van der Waals surface area contributed by atoms with E-state index in [1.54, 1.807) is 23.1 Å². The van der Waals surface area contributed by atoms with Crippen LogP contribution in [0.3, 0.4) is 0 Å². The Morgan fingerprint density at radius 1 is 1.14 bits per heavy atom. The van der Waals surface area contributed by atoms with Gasteiger partial charge in [0.15, 0.2) is 0 Å². The van der Waals surface area contributed by atoms with Gasteiger partial charge in [0.1, 0.15) is 0 Å². The van der Waals surface area contributed by atoms with E-state index < -0.39 is 10.0 Å². The highest BCUT2D eigenvalue weighted by Crippen LogP contribution is 2.27. The lowest BCUT2D eigenvalue weighted by Gasteiger charge is -2.29. The van der Waals surface area contributed by atoms with Gasteiger partial charge in [-0.05, 0) is 65.7 Å². The summed E-state index contributed by atoms with van der Waals surface area (Å²) in [5.74, 6) is 0.00549. The van der Waals surface area contributed by atoms with E-state index in [1.807, 2.05) is 30.5 Å². The normalized spacial score (nSPS) is 13.8. The van der Waals surface area contributed by atoms with Crippen molar-refractivity contribution in [3.63, 3.8) is 0 Å². The molecular weight excluding hydrogens is 428 g/mol. The number of hydrogen-bond donors (Lipinski definition) is 1. The van der Waals surface area contributed by atoms with Gasteiger partial charge in [0.2, 0.25) is 0 Å². The van der Waals surface area contributed by atoms with E-state index in [0.717, 1.165) is 23.1 Å². The van der Waals surface area contributed by atoms with Crippen LogP contribution >= 0.6 is 22.9 Å². The van der Waals surface area contributed by atoms with Gasteiger partial charge in [0.25, 0.3) is 15.9 Å². The maximum atomic E-state index is 12.7. The minimum atomic E-state index is -3.76. The van der Waals surface area contributed by atoms with Gasteiger partial charge in [-0.15, -0.1) is 11.3 Å². The second-order valence-corrected chi connectivity index (χ2v) is 9.99. The number of anilines is 1. The maximum Gasteiger partial charge on any atom is 0.264 e. The molecule has 3 aromatic rings. The van der Waals surface area contributed by atoms with Crippen LogP contribution in [0.1, 0.15) is 26.4 Å². The molecule has 0 bridgehead atoms. The van der Waals surface area contributed by atoms with Crippen molar-refractivity contribution in [3.05, 3.63) is 80.5 Å². The molecule has 0 atom stereocenters. The zero-order chi connectivity index (χ0) is 20.6. The van der Waals surface area contributed by atoms with E-state index in [1.165, 1.54) is 23.5 Å². The van der Waals surface area contributed by atoms with Crippen LogP contribution in [0.4, 0.5) is 5.69 Å². The van der Waals surface area contributed by atoms with Crippen molar-refractivity contribution >= 4 is 44.6 Å². The number of hydrogen-bond acceptors (Lipinski definition) is 4. The summed E-state index contributed by atoms with van der Waals surface area (Å²) < 4.78 is 28.1. The summed E-state index contributed by atoms with van der Waals surface area (Å²) in [4.78, 5) is 15.3. The highest BCUT2D eigenvalue weighted by atomic mass is 35.5. The quantitative estimate of drug-likeness (QED) is 0.631. The summed E-state index contributed by atoms with van der Waals surface area (Å²) in [6.07, 6.45) is 0.743. The van der Waals surface area contributed by atoms with E-state index in [9.17, 15) is 13.2 Å². The molecule has 0 saturated carbocycles. The Kier molecular flexibility index (Phi) is 5.38. The fraction of sp³-hybridized carbons (Fsp3) is 0.190. The Labute approximate surface area is 179 Å². The van der Waals surface area contributed by atoms with Gasteiger partial charge in [-0.3, -0.25) is 9.52 Å². The second kappa shape index (κ2) is 7.82. The highest BCUT2D eigenvalue weighted by Gasteiger charge is 2.23. The van der Waals surface area contributed by atoms with Gasteiger partial charge >= 0.3 is 0 Å². The molecule has 0 spiro atoms. The molecular formula is C21H19ClN2O3S2. The van der Waals surface area contributed by atoms with Crippen LogP contribution in [-0.4, -0.2) is 25.8 Å². The molecule has 1 aliphatic rings. The summed E-state index contributed by atoms with van der Waals surface area (Å²) in [7, 11) is -3.76. The third kappa shape index (κ3) is 4.17. The molecule has 2 heterocycles. The maximum absolute atomic E-state index is 12.7. The number of carbonyl (C=O) groups is 1. The molecule has 5 nitrogen and oxygen atoms in total. The fourth-order valence-electron chi connectivity index (χ4n) is 3.30. The first-order valence-electron chi connectivity index (χ1n) is 9.07. The number of nitrogens with one attached hydrogen (secondary N) is 1. The minimum absolute atomic E-state index is 0.00549. The Hall–Kier alpha value is -2.35. The molecule has 8 heteroatoms. The van der Waals surface area contributed by atoms with Gasteiger partial charge in [0.05, 0.1) is 9.77 Å². The first-order valence-corrected chi connectivity index (χ1v) is 11.8. The molecule has 1 aromatic heterocycles. The molecule has 29 heavy (non-hydrogen) atoms. The van der Waals surface area contributed by atoms with Gasteiger partial charge in [-0.2, -0.15) is 0 Å². The first kappa shape index (κ1) is 19.9. The number of amides is 1. The Bertz CT molecular complexity index is 1170. The van der Waals surface area contributed by atoms with Crippen LogP contribution in [0.2, 0.25) is 5.02 Å². The third-order valence-corrected chi connectivity index (χ3v) is 7.59. The van der Waals surface area contributed by atoms with Gasteiger partial charge in [-0.25, -0.2) is 8.42 Å². The van der Waals surface area contributed by atoms with Crippen LogP contribution in [0.5, 0.6) is 0 Å². The number of carbonyl (C=O) groups excluding carboxylic acids is 1. The number of aryl methyl sites for hydroxylation is 1. The van der Waals surface area contributed by atoms with Gasteiger partial charge < -0.3 is 4.90 Å². The van der Waals surface area contributed by atoms with Crippen molar-refractivity contribution in [3.8, 4) is 0 Å². The lowest BCUT2D eigenvalue weighted by Crippen LogP contribution is -2.35. The zero-order valence-corrected chi connectivity index (χ0v) is 18.1. The van der Waals surface area contributed by atoms with Crippen LogP contribution in [0, 0.1) is 6.92 Å². The molecule has 0 unspecified atom stereocenters. The Morgan fingerprint density at radius 2 is 1.97 bits per heavy atom. The molecule has 0 saturated heterocycles. The van der Waals surface area contributed by atoms with E-state index >= 15 is 0 Å². The van der Waals surface area contributed by atoms with E-state index in [2.05, 4.69) is 4.72 Å². The predicted octanol–water partition coefficient (Wildman–Crippen LogP) is 4.71. The molecule has 1 N–H and O–H groups in total. The van der Waals surface area contributed by atoms with Crippen molar-refractivity contribution in [2.24, 2.45) is 0 Å². The van der Waals surface area contributed by atoms with Crippen molar-refractivity contribution in [2.75, 3.05) is 11.3 Å². The Balaban J connectivity index is 1.56. The average molecular weight is 447 g/mol. The first-order chi connectivity index (χ1) is 13.8. The van der Waals surface area contributed by atoms with Crippen molar-refractivity contribution in [2.45, 2.75) is 24.8 Å². The number of benzene rings is 2. The highest BCUT2D eigenvalue weighted by molar-refractivity contribution is 7.92. The smallest absolute Gasteiger partial charge is 0.264 e. The zero-order valence-electron chi connectivity index (χ0n) is 15.7. The fourth-order valence-corrected chi connectivity index (χ4v) is 5.32. The second-order valence-electron chi connectivity index (χ2n) is 6.95. The van der Waals surface area contributed by atoms with E-state index in [0.29, 0.717) is 28.7 Å². The number of rotatable bonds is 4. The van der Waals surface area contributed by atoms with E-state index in [4.69, 9.17) is 11.6 Å². The summed E-state index contributed by atoms with van der Waals surface area (Å²) in [6.45, 7) is 2.92. The molecule has 4 rings (SSSR count). The molecule has 0 aliphatic carbocycles. The van der Waals surface area contributed by atoms with Crippen LogP contribution in [0.15, 0.2) is 58.8 Å². The van der Waals surface area contributed by atoms with Gasteiger partial charge in [-0.1, -0.05) is 29.8 Å². The summed E-state index contributed by atoms with van der Waals surface area (Å²) in [6, 6.07) is 13.8. The lowest BCUT2D eigenvalue weighted by atomic mass is 9.99. The average Bonchev–Trinajstić information content (AvgIpc) is 3.23. The van der Waals surface area contributed by atoms with Crippen molar-refractivity contribution in [1.29, 1.82) is 0 Å². The summed E-state index contributed by atoms with van der Waals surface area (Å²) >= 11 is 7.50. The molecule has 2 aromatic carbocycles. The Morgan fingerprint density at radius 3 is 2.69 bits per heavy atom. The topological polar surface area (TPSA) is 66.5 Å². The number of fused-ring (bicyclic) bond motifs is 1. The van der Waals surface area contributed by atoms with Crippen molar-refractivity contribution < 1.29 is 13.2 Å². The molecule has 0 radical (unpaired) electrons. The molecule has 0 fully saturated rings. The lowest BCUT2D eigenvalue weighted by molar-refractivity contribution is 0.0739. The molecule has 1 amide bonds. The van der Waals surface area contributed by atoms with Crippen LogP contribution in [0.25, 0.3) is 0 Å². The number of halogens is 1. The van der Waals surface area contributed by atoms with Crippen molar-refractivity contribution in [1.82, 2.24) is 4.90 Å². The summed E-state index contributed by atoms with van der Waals surface area (Å²) in [5.41, 5.74) is 3.35. The van der Waals surface area contributed by atoms with Gasteiger partial charge in [0, 0.05) is 23.8 Å². The predicted molar refractivity (Wildman–Crippen MR) is 116 cm³/mol. The molecule has 150 valence electrons. The molecule has 1 aliphatic heterocycles. The monoisotopic (exact) mass is 446 g/mol. The SMILES string of the molecule is Cc1ccc(S(=O)(=O)Nc2ccc3c(c2)CN(C(=O)c2cccs2)CC3)cc1Cl.